The normalized spacial score (nSPS) is 20.4. The first-order valence-corrected chi connectivity index (χ1v) is 6.49. The van der Waals surface area contributed by atoms with Crippen molar-refractivity contribution in [3.05, 3.63) is 10.6 Å². The molecule has 1 aliphatic heterocycles. The lowest BCUT2D eigenvalue weighted by Crippen LogP contribution is -2.41. The van der Waals surface area contributed by atoms with Crippen molar-refractivity contribution in [2.24, 2.45) is 0 Å². The number of morpholine rings is 1. The van der Waals surface area contributed by atoms with E-state index in [2.05, 4.69) is 15.2 Å². The Morgan fingerprint density at radius 1 is 1.65 bits per heavy atom. The molecule has 0 radical (unpaired) electrons. The molecule has 5 nitrogen and oxygen atoms in total. The highest BCUT2D eigenvalue weighted by molar-refractivity contribution is 7.17. The summed E-state index contributed by atoms with van der Waals surface area (Å²) in [6.07, 6.45) is 0.219. The quantitative estimate of drug-likeness (QED) is 0.858. The second-order valence-corrected chi connectivity index (χ2v) is 5.10. The summed E-state index contributed by atoms with van der Waals surface area (Å²) in [7, 11) is 1.64. The van der Waals surface area contributed by atoms with Crippen LogP contribution in [0.4, 0.5) is 5.13 Å². The Kier molecular flexibility index (Phi) is 3.63. The van der Waals surface area contributed by atoms with Crippen molar-refractivity contribution in [2.45, 2.75) is 20.0 Å². The van der Waals surface area contributed by atoms with Crippen LogP contribution in [0.15, 0.2) is 0 Å². The standard InChI is InChI=1S/C11H17N3O2S/c1-7-6-14(4-5-16-7)11-13-8(2)9(17-11)10(15)12-3/h7H,4-6H2,1-3H3,(H,12,15)/t7-/m0/s1. The van der Waals surface area contributed by atoms with E-state index in [0.717, 1.165) is 30.5 Å². The summed E-state index contributed by atoms with van der Waals surface area (Å²) in [5.41, 5.74) is 0.795. The third kappa shape index (κ3) is 2.58. The maximum atomic E-state index is 11.6. The second-order valence-electron chi connectivity index (χ2n) is 4.12. The number of aryl methyl sites for hydroxylation is 1. The molecule has 2 rings (SSSR count). The summed E-state index contributed by atoms with van der Waals surface area (Å²) in [6, 6.07) is 0. The Balaban J connectivity index is 2.19. The van der Waals surface area contributed by atoms with Gasteiger partial charge in [-0.25, -0.2) is 4.98 Å². The van der Waals surface area contributed by atoms with E-state index in [1.165, 1.54) is 11.3 Å². The van der Waals surface area contributed by atoms with E-state index in [9.17, 15) is 4.79 Å². The zero-order valence-corrected chi connectivity index (χ0v) is 11.1. The van der Waals surface area contributed by atoms with E-state index < -0.39 is 0 Å². The zero-order valence-electron chi connectivity index (χ0n) is 10.3. The van der Waals surface area contributed by atoms with E-state index >= 15 is 0 Å². The van der Waals surface area contributed by atoms with Gasteiger partial charge < -0.3 is 15.0 Å². The van der Waals surface area contributed by atoms with Crippen LogP contribution in [-0.2, 0) is 4.74 Å². The molecule has 0 saturated carbocycles. The smallest absolute Gasteiger partial charge is 0.263 e. The van der Waals surface area contributed by atoms with Crippen molar-refractivity contribution in [3.8, 4) is 0 Å². The number of ether oxygens (including phenoxy) is 1. The van der Waals surface area contributed by atoms with E-state index in [-0.39, 0.29) is 12.0 Å². The lowest BCUT2D eigenvalue weighted by molar-refractivity contribution is 0.0532. The van der Waals surface area contributed by atoms with Crippen LogP contribution in [0, 0.1) is 6.92 Å². The number of carbonyl (C=O) groups excluding carboxylic acids is 1. The van der Waals surface area contributed by atoms with Gasteiger partial charge in [-0.15, -0.1) is 0 Å². The van der Waals surface area contributed by atoms with Crippen LogP contribution in [0.1, 0.15) is 22.3 Å². The van der Waals surface area contributed by atoms with E-state index in [0.29, 0.717) is 4.88 Å². The number of nitrogens with zero attached hydrogens (tertiary/aromatic N) is 2. The lowest BCUT2D eigenvalue weighted by atomic mass is 10.3. The first-order chi connectivity index (χ1) is 8.11. The Bertz CT molecular complexity index is 419. The summed E-state index contributed by atoms with van der Waals surface area (Å²) in [6.45, 7) is 6.31. The van der Waals surface area contributed by atoms with E-state index in [1.807, 2.05) is 13.8 Å². The van der Waals surface area contributed by atoms with Gasteiger partial charge in [0.15, 0.2) is 5.13 Å². The summed E-state index contributed by atoms with van der Waals surface area (Å²) in [4.78, 5) is 19.0. The average molecular weight is 255 g/mol. The molecule has 1 aliphatic rings. The number of nitrogens with one attached hydrogen (secondary N) is 1. The van der Waals surface area contributed by atoms with Crippen molar-refractivity contribution in [3.63, 3.8) is 0 Å². The fraction of sp³-hybridized carbons (Fsp3) is 0.636. The van der Waals surface area contributed by atoms with Crippen molar-refractivity contribution in [2.75, 3.05) is 31.6 Å². The molecule has 0 aromatic carbocycles. The highest BCUT2D eigenvalue weighted by Gasteiger charge is 2.22. The van der Waals surface area contributed by atoms with Crippen molar-refractivity contribution in [1.82, 2.24) is 10.3 Å². The molecule has 1 amide bonds. The second kappa shape index (κ2) is 5.01. The number of rotatable bonds is 2. The summed E-state index contributed by atoms with van der Waals surface area (Å²) in [5.74, 6) is -0.0624. The molecule has 94 valence electrons. The number of carbonyl (C=O) groups is 1. The van der Waals surface area contributed by atoms with Gasteiger partial charge in [0.1, 0.15) is 4.88 Å². The highest BCUT2D eigenvalue weighted by Crippen LogP contribution is 2.27. The number of hydrogen-bond acceptors (Lipinski definition) is 5. The minimum Gasteiger partial charge on any atom is -0.375 e. The Morgan fingerprint density at radius 3 is 3.06 bits per heavy atom. The Morgan fingerprint density at radius 2 is 2.41 bits per heavy atom. The van der Waals surface area contributed by atoms with Crippen molar-refractivity contribution >= 4 is 22.4 Å². The van der Waals surface area contributed by atoms with Gasteiger partial charge >= 0.3 is 0 Å². The topological polar surface area (TPSA) is 54.5 Å². The molecule has 1 saturated heterocycles. The number of hydrogen-bond donors (Lipinski definition) is 1. The molecule has 2 heterocycles. The van der Waals surface area contributed by atoms with Crippen molar-refractivity contribution in [1.29, 1.82) is 0 Å². The van der Waals surface area contributed by atoms with Gasteiger partial charge in [-0.3, -0.25) is 4.79 Å². The molecule has 1 aromatic heterocycles. The van der Waals surface area contributed by atoms with Crippen LogP contribution in [0.5, 0.6) is 0 Å². The monoisotopic (exact) mass is 255 g/mol. The molecule has 1 N–H and O–H groups in total. The van der Waals surface area contributed by atoms with Crippen LogP contribution in [0.25, 0.3) is 0 Å². The van der Waals surface area contributed by atoms with Crippen LogP contribution in [0.2, 0.25) is 0 Å². The number of thiazole rings is 1. The SMILES string of the molecule is CNC(=O)c1sc(N2CCO[C@@H](C)C2)nc1C. The van der Waals surface area contributed by atoms with Gasteiger partial charge in [-0.05, 0) is 13.8 Å². The molecule has 0 bridgehead atoms. The van der Waals surface area contributed by atoms with E-state index in [4.69, 9.17) is 4.74 Å². The lowest BCUT2D eigenvalue weighted by Gasteiger charge is -2.30. The molecule has 1 fully saturated rings. The van der Waals surface area contributed by atoms with Crippen LogP contribution >= 0.6 is 11.3 Å². The fourth-order valence-electron chi connectivity index (χ4n) is 1.83. The van der Waals surface area contributed by atoms with Crippen LogP contribution in [-0.4, -0.2) is 43.7 Å². The molecule has 0 unspecified atom stereocenters. The number of anilines is 1. The Hall–Kier alpha value is -1.14. The molecular formula is C11H17N3O2S. The summed E-state index contributed by atoms with van der Waals surface area (Å²) in [5, 5.41) is 3.55. The maximum Gasteiger partial charge on any atom is 0.263 e. The third-order valence-electron chi connectivity index (χ3n) is 2.73. The molecule has 1 atom stereocenters. The average Bonchev–Trinajstić information content (AvgIpc) is 2.70. The molecule has 1 aromatic rings. The number of aromatic nitrogens is 1. The van der Waals surface area contributed by atoms with E-state index in [1.54, 1.807) is 7.05 Å². The van der Waals surface area contributed by atoms with Gasteiger partial charge in [-0.1, -0.05) is 11.3 Å². The predicted octanol–water partition coefficient (Wildman–Crippen LogP) is 1.04. The maximum absolute atomic E-state index is 11.6. The van der Waals surface area contributed by atoms with Gasteiger partial charge in [-0.2, -0.15) is 0 Å². The first kappa shape index (κ1) is 12.3. The van der Waals surface area contributed by atoms with Crippen LogP contribution in [0.3, 0.4) is 0 Å². The van der Waals surface area contributed by atoms with Crippen LogP contribution < -0.4 is 10.2 Å². The number of amides is 1. The minimum absolute atomic E-state index is 0.0624. The zero-order chi connectivity index (χ0) is 12.4. The summed E-state index contributed by atoms with van der Waals surface area (Å²) >= 11 is 1.45. The van der Waals surface area contributed by atoms with Gasteiger partial charge in [0, 0.05) is 20.1 Å². The molecule has 0 spiro atoms. The first-order valence-electron chi connectivity index (χ1n) is 5.68. The third-order valence-corrected chi connectivity index (χ3v) is 3.95. The molecule has 0 aliphatic carbocycles. The fourth-order valence-corrected chi connectivity index (χ4v) is 2.88. The van der Waals surface area contributed by atoms with Gasteiger partial charge in [0.05, 0.1) is 18.4 Å². The largest absolute Gasteiger partial charge is 0.375 e. The van der Waals surface area contributed by atoms with Gasteiger partial charge in [0.2, 0.25) is 0 Å². The van der Waals surface area contributed by atoms with Gasteiger partial charge in [0.25, 0.3) is 5.91 Å². The molecular weight excluding hydrogens is 238 g/mol. The molecule has 6 heteroatoms. The molecule has 17 heavy (non-hydrogen) atoms. The minimum atomic E-state index is -0.0624. The highest BCUT2D eigenvalue weighted by atomic mass is 32.1. The van der Waals surface area contributed by atoms with Crippen molar-refractivity contribution < 1.29 is 9.53 Å². The summed E-state index contributed by atoms with van der Waals surface area (Å²) < 4.78 is 5.49. The Labute approximate surface area is 105 Å². The predicted molar refractivity (Wildman–Crippen MR) is 67.9 cm³/mol.